The molecule has 17 heavy (non-hydrogen) atoms. The molecule has 0 bridgehead atoms. The highest BCUT2D eigenvalue weighted by Crippen LogP contribution is 2.28. The lowest BCUT2D eigenvalue weighted by Crippen LogP contribution is -2.19. The molecule has 1 aliphatic rings. The Kier molecular flexibility index (Phi) is 3.13. The topological polar surface area (TPSA) is 84.6 Å². The molecule has 88 valence electrons. The Morgan fingerprint density at radius 2 is 2.18 bits per heavy atom. The van der Waals surface area contributed by atoms with E-state index in [2.05, 4.69) is 10.5 Å². The lowest BCUT2D eigenvalue weighted by molar-refractivity contribution is -0.385. The predicted molar refractivity (Wildman–Crippen MR) is 61.6 cm³/mol. The molecule has 0 atom stereocenters. The first-order valence-electron chi connectivity index (χ1n) is 5.25. The van der Waals surface area contributed by atoms with E-state index in [0.29, 0.717) is 5.56 Å². The van der Waals surface area contributed by atoms with Gasteiger partial charge >= 0.3 is 0 Å². The van der Waals surface area contributed by atoms with Crippen molar-refractivity contribution in [3.63, 3.8) is 0 Å². The van der Waals surface area contributed by atoms with Crippen LogP contribution in [-0.2, 0) is 4.79 Å². The molecule has 0 saturated heterocycles. The van der Waals surface area contributed by atoms with E-state index in [4.69, 9.17) is 0 Å². The lowest BCUT2D eigenvalue weighted by Gasteiger charge is -1.97. The Bertz CT molecular complexity index is 481. The van der Waals surface area contributed by atoms with Gasteiger partial charge in [0.05, 0.1) is 16.7 Å². The largest absolute Gasteiger partial charge is 0.278 e. The number of carbonyl (C=O) groups is 1. The van der Waals surface area contributed by atoms with Crippen LogP contribution >= 0.6 is 0 Å². The van der Waals surface area contributed by atoms with Crippen molar-refractivity contribution in [3.8, 4) is 0 Å². The Balaban J connectivity index is 2.04. The van der Waals surface area contributed by atoms with Gasteiger partial charge < -0.3 is 0 Å². The molecule has 0 aromatic heterocycles. The number of hydrogen-bond donors (Lipinski definition) is 1. The summed E-state index contributed by atoms with van der Waals surface area (Å²) in [5.41, 5.74) is 2.71. The average Bonchev–Trinajstić information content (AvgIpc) is 3.13. The van der Waals surface area contributed by atoms with Crippen LogP contribution < -0.4 is 5.43 Å². The first kappa shape index (κ1) is 11.3. The Morgan fingerprint density at radius 3 is 2.82 bits per heavy atom. The van der Waals surface area contributed by atoms with Crippen LogP contribution in [-0.4, -0.2) is 17.0 Å². The molecular weight excluding hydrogens is 222 g/mol. The van der Waals surface area contributed by atoms with Crippen LogP contribution in [0.5, 0.6) is 0 Å². The lowest BCUT2D eigenvalue weighted by atomic mass is 10.2. The summed E-state index contributed by atoms with van der Waals surface area (Å²) in [6, 6.07) is 6.23. The van der Waals surface area contributed by atoms with E-state index in [1.54, 1.807) is 18.2 Å². The molecule has 1 amide bonds. The second-order valence-electron chi connectivity index (χ2n) is 3.82. The van der Waals surface area contributed by atoms with E-state index in [1.807, 2.05) is 0 Å². The maximum atomic E-state index is 11.3. The van der Waals surface area contributed by atoms with Crippen molar-refractivity contribution in [3.05, 3.63) is 39.9 Å². The molecule has 0 spiro atoms. The minimum atomic E-state index is -0.482. The van der Waals surface area contributed by atoms with Gasteiger partial charge in [0.25, 0.3) is 5.69 Å². The molecule has 1 aliphatic carbocycles. The van der Waals surface area contributed by atoms with Crippen LogP contribution in [0.3, 0.4) is 0 Å². The molecule has 1 aromatic rings. The average molecular weight is 233 g/mol. The molecule has 0 aliphatic heterocycles. The van der Waals surface area contributed by atoms with Gasteiger partial charge in [0, 0.05) is 12.0 Å². The zero-order valence-corrected chi connectivity index (χ0v) is 9.00. The molecule has 0 heterocycles. The number of nitro groups is 1. The number of hydrogen-bond acceptors (Lipinski definition) is 4. The first-order valence-corrected chi connectivity index (χ1v) is 5.25. The van der Waals surface area contributed by atoms with Crippen molar-refractivity contribution in [2.75, 3.05) is 0 Å². The molecule has 2 rings (SSSR count). The molecular formula is C11H11N3O3. The van der Waals surface area contributed by atoms with Crippen LogP contribution in [0.25, 0.3) is 0 Å². The summed E-state index contributed by atoms with van der Waals surface area (Å²) in [6.07, 6.45) is 3.08. The van der Waals surface area contributed by atoms with Gasteiger partial charge in [0.2, 0.25) is 5.91 Å². The molecule has 0 unspecified atom stereocenters. The number of hydrazone groups is 1. The smallest absolute Gasteiger partial charge is 0.273 e. The van der Waals surface area contributed by atoms with Crippen LogP contribution in [0.1, 0.15) is 18.4 Å². The summed E-state index contributed by atoms with van der Waals surface area (Å²) < 4.78 is 0. The standard InChI is InChI=1S/C11H11N3O3/c15-11(8-5-6-8)13-12-7-9-3-1-2-4-10(9)14(16)17/h1-4,7-8H,5-6H2,(H,13,15)/b12-7+. The van der Waals surface area contributed by atoms with Crippen molar-refractivity contribution >= 4 is 17.8 Å². The summed E-state index contributed by atoms with van der Waals surface area (Å²) in [7, 11) is 0. The molecule has 1 aromatic carbocycles. The molecule has 1 saturated carbocycles. The maximum absolute atomic E-state index is 11.3. The molecule has 6 heteroatoms. The van der Waals surface area contributed by atoms with Gasteiger partial charge in [0.1, 0.15) is 0 Å². The minimum absolute atomic E-state index is 0.0306. The van der Waals surface area contributed by atoms with Crippen molar-refractivity contribution in [1.29, 1.82) is 0 Å². The Hall–Kier alpha value is -2.24. The number of para-hydroxylation sites is 1. The third kappa shape index (κ3) is 2.87. The van der Waals surface area contributed by atoms with Crippen molar-refractivity contribution in [1.82, 2.24) is 5.43 Å². The highest BCUT2D eigenvalue weighted by atomic mass is 16.6. The summed E-state index contributed by atoms with van der Waals surface area (Å²) in [5.74, 6) is -0.0576. The highest BCUT2D eigenvalue weighted by molar-refractivity contribution is 5.87. The monoisotopic (exact) mass is 233 g/mol. The van der Waals surface area contributed by atoms with Gasteiger partial charge in [-0.1, -0.05) is 12.1 Å². The SMILES string of the molecule is O=C(N/N=C/c1ccccc1[N+](=O)[O-])C1CC1. The van der Waals surface area contributed by atoms with Crippen molar-refractivity contribution < 1.29 is 9.72 Å². The summed E-state index contributed by atoms with van der Waals surface area (Å²) in [5, 5.41) is 14.4. The van der Waals surface area contributed by atoms with E-state index < -0.39 is 4.92 Å². The van der Waals surface area contributed by atoms with Crippen LogP contribution in [0.4, 0.5) is 5.69 Å². The van der Waals surface area contributed by atoms with E-state index in [0.717, 1.165) is 12.8 Å². The van der Waals surface area contributed by atoms with Crippen molar-refractivity contribution in [2.24, 2.45) is 11.0 Å². The highest BCUT2D eigenvalue weighted by Gasteiger charge is 2.29. The number of benzene rings is 1. The van der Waals surface area contributed by atoms with E-state index in [9.17, 15) is 14.9 Å². The quantitative estimate of drug-likeness (QED) is 0.485. The first-order chi connectivity index (χ1) is 8.18. The summed E-state index contributed by atoms with van der Waals surface area (Å²) in [6.45, 7) is 0. The van der Waals surface area contributed by atoms with E-state index >= 15 is 0 Å². The van der Waals surface area contributed by atoms with Gasteiger partial charge in [-0.2, -0.15) is 5.10 Å². The second kappa shape index (κ2) is 4.73. The van der Waals surface area contributed by atoms with Gasteiger partial charge in [-0.3, -0.25) is 14.9 Å². The van der Waals surface area contributed by atoms with Gasteiger partial charge in [0.15, 0.2) is 0 Å². The molecule has 1 N–H and O–H groups in total. The zero-order valence-electron chi connectivity index (χ0n) is 9.00. The van der Waals surface area contributed by atoms with Crippen LogP contribution in [0.2, 0.25) is 0 Å². The number of nitrogens with one attached hydrogen (secondary N) is 1. The third-order valence-electron chi connectivity index (χ3n) is 2.46. The molecule has 0 radical (unpaired) electrons. The fraction of sp³-hybridized carbons (Fsp3) is 0.273. The van der Waals surface area contributed by atoms with E-state index in [-0.39, 0.29) is 17.5 Å². The Labute approximate surface area is 97.5 Å². The number of nitro benzene ring substituents is 1. The predicted octanol–water partition coefficient (Wildman–Crippen LogP) is 1.45. The molecule has 6 nitrogen and oxygen atoms in total. The third-order valence-corrected chi connectivity index (χ3v) is 2.46. The number of amides is 1. The number of carbonyl (C=O) groups excluding carboxylic acids is 1. The van der Waals surface area contributed by atoms with Gasteiger partial charge in [-0.25, -0.2) is 5.43 Å². The van der Waals surface area contributed by atoms with Crippen LogP contribution in [0, 0.1) is 16.0 Å². The van der Waals surface area contributed by atoms with Gasteiger partial charge in [-0.15, -0.1) is 0 Å². The number of rotatable bonds is 4. The van der Waals surface area contributed by atoms with Crippen molar-refractivity contribution in [2.45, 2.75) is 12.8 Å². The Morgan fingerprint density at radius 1 is 1.47 bits per heavy atom. The fourth-order valence-corrected chi connectivity index (χ4v) is 1.37. The van der Waals surface area contributed by atoms with Crippen LogP contribution in [0.15, 0.2) is 29.4 Å². The summed E-state index contributed by atoms with van der Waals surface area (Å²) in [4.78, 5) is 21.5. The fourth-order valence-electron chi connectivity index (χ4n) is 1.37. The normalized spacial score (nSPS) is 14.8. The summed E-state index contributed by atoms with van der Waals surface area (Å²) >= 11 is 0. The second-order valence-corrected chi connectivity index (χ2v) is 3.82. The number of nitrogens with zero attached hydrogens (tertiary/aromatic N) is 2. The maximum Gasteiger partial charge on any atom is 0.278 e. The van der Waals surface area contributed by atoms with Gasteiger partial charge in [-0.05, 0) is 18.9 Å². The zero-order chi connectivity index (χ0) is 12.3. The molecule has 1 fully saturated rings. The van der Waals surface area contributed by atoms with E-state index in [1.165, 1.54) is 12.3 Å². The minimum Gasteiger partial charge on any atom is -0.273 e.